The fourth-order valence-corrected chi connectivity index (χ4v) is 2.51. The van der Waals surface area contributed by atoms with Gasteiger partial charge in [-0.2, -0.15) is 0 Å². The van der Waals surface area contributed by atoms with Gasteiger partial charge in [-0.15, -0.1) is 0 Å². The van der Waals surface area contributed by atoms with Gasteiger partial charge in [0.25, 0.3) is 0 Å². The summed E-state index contributed by atoms with van der Waals surface area (Å²) in [6, 6.07) is 0. The minimum atomic E-state index is -1.33. The summed E-state index contributed by atoms with van der Waals surface area (Å²) in [6.07, 6.45) is 0.956. The largest absolute Gasteiger partial charge is 0.487 e. The van der Waals surface area contributed by atoms with Gasteiger partial charge in [-0.25, -0.2) is 9.59 Å². The molecule has 0 bridgehead atoms. The van der Waals surface area contributed by atoms with Gasteiger partial charge in [-0.05, 0) is 27.7 Å². The van der Waals surface area contributed by atoms with Gasteiger partial charge in [-0.1, -0.05) is 0 Å². The summed E-state index contributed by atoms with van der Waals surface area (Å²) >= 11 is 0. The number of aromatic nitrogens is 1. The highest BCUT2D eigenvalue weighted by Crippen LogP contribution is 2.36. The zero-order valence-electron chi connectivity index (χ0n) is 16.1. The number of H-pyrrole nitrogens is 1. The molecule has 9 heteroatoms. The van der Waals surface area contributed by atoms with Crippen molar-refractivity contribution >= 4 is 11.9 Å². The van der Waals surface area contributed by atoms with Crippen molar-refractivity contribution < 1.29 is 38.7 Å². The second-order valence-electron chi connectivity index (χ2n) is 7.27. The van der Waals surface area contributed by atoms with Gasteiger partial charge < -0.3 is 34.1 Å². The predicted octanol–water partition coefficient (Wildman–Crippen LogP) is 2.55. The lowest BCUT2D eigenvalue weighted by atomic mass is 9.89. The number of fused-ring (bicyclic) bond motifs is 1. The number of carboxylic acid groups (broad SMARTS) is 2. The molecule has 1 aliphatic rings. The molecular weight excluding hydrogens is 358 g/mol. The quantitative estimate of drug-likeness (QED) is 0.709. The Kier molecular flexibility index (Phi) is 6.38. The van der Waals surface area contributed by atoms with Gasteiger partial charge >= 0.3 is 11.9 Å². The topological polar surface area (TPSA) is 127 Å². The molecule has 1 aliphatic heterocycles. The van der Waals surface area contributed by atoms with E-state index in [0.29, 0.717) is 26.1 Å². The lowest BCUT2D eigenvalue weighted by Gasteiger charge is -2.41. The first-order chi connectivity index (χ1) is 12.6. The third-order valence-corrected chi connectivity index (χ3v) is 4.78. The Balaban J connectivity index is 2.27. The molecule has 9 nitrogen and oxygen atoms in total. The van der Waals surface area contributed by atoms with E-state index in [4.69, 9.17) is 18.9 Å². The van der Waals surface area contributed by atoms with Crippen LogP contribution in [-0.2, 0) is 9.47 Å². The molecule has 0 radical (unpaired) electrons. The molecule has 2 rings (SSSR count). The van der Waals surface area contributed by atoms with Crippen molar-refractivity contribution in [3.63, 3.8) is 0 Å². The molecule has 0 atom stereocenters. The van der Waals surface area contributed by atoms with Gasteiger partial charge in [0.2, 0.25) is 0 Å². The minimum absolute atomic E-state index is 0.113. The maximum Gasteiger partial charge on any atom is 0.356 e. The smallest absolute Gasteiger partial charge is 0.356 e. The summed E-state index contributed by atoms with van der Waals surface area (Å²) < 4.78 is 23.0. The highest BCUT2D eigenvalue weighted by Gasteiger charge is 2.39. The normalized spacial score (nSPS) is 20.4. The molecule has 0 aliphatic carbocycles. The Morgan fingerprint density at radius 3 is 1.48 bits per heavy atom. The SMILES string of the molecule is CC1(C)OCCCOc2c(C(=O)O)[nH]c(C(=O)O)c2OCCCOC1(C)C. The molecule has 3 N–H and O–H groups in total. The number of hydrogen-bond donors (Lipinski definition) is 3. The third kappa shape index (κ3) is 4.72. The highest BCUT2D eigenvalue weighted by molar-refractivity contribution is 5.97. The van der Waals surface area contributed by atoms with Crippen molar-refractivity contribution in [1.29, 1.82) is 0 Å². The Labute approximate surface area is 157 Å². The van der Waals surface area contributed by atoms with Crippen LogP contribution in [0.5, 0.6) is 11.5 Å². The van der Waals surface area contributed by atoms with E-state index in [9.17, 15) is 19.8 Å². The van der Waals surface area contributed by atoms with Gasteiger partial charge in [0, 0.05) is 12.8 Å². The van der Waals surface area contributed by atoms with Gasteiger partial charge in [0.05, 0.1) is 37.6 Å². The number of aromatic amines is 1. The van der Waals surface area contributed by atoms with E-state index in [1.54, 1.807) is 0 Å². The summed E-state index contributed by atoms with van der Waals surface area (Å²) in [5, 5.41) is 18.7. The minimum Gasteiger partial charge on any atom is -0.487 e. The number of aromatic carboxylic acids is 2. The Hall–Kier alpha value is -2.26. The number of ether oxygens (including phenoxy) is 4. The average Bonchev–Trinajstić information content (AvgIpc) is 2.92. The van der Waals surface area contributed by atoms with Crippen LogP contribution in [-0.4, -0.2) is 64.8 Å². The molecule has 0 amide bonds. The van der Waals surface area contributed by atoms with E-state index in [-0.39, 0.29) is 36.1 Å². The summed E-state index contributed by atoms with van der Waals surface area (Å²) in [5.41, 5.74) is -1.79. The van der Waals surface area contributed by atoms with E-state index in [1.807, 2.05) is 27.7 Å². The second-order valence-corrected chi connectivity index (χ2v) is 7.27. The maximum atomic E-state index is 11.4. The van der Waals surface area contributed by atoms with Crippen molar-refractivity contribution in [2.45, 2.75) is 51.7 Å². The van der Waals surface area contributed by atoms with E-state index >= 15 is 0 Å². The van der Waals surface area contributed by atoms with Gasteiger partial charge in [-0.3, -0.25) is 0 Å². The average molecular weight is 385 g/mol. The Morgan fingerprint density at radius 1 is 0.778 bits per heavy atom. The summed E-state index contributed by atoms with van der Waals surface area (Å²) in [7, 11) is 0. The molecular formula is C18H27NO8. The summed E-state index contributed by atoms with van der Waals surface area (Å²) in [4.78, 5) is 25.2. The molecule has 0 saturated heterocycles. The number of hydrogen-bond acceptors (Lipinski definition) is 6. The van der Waals surface area contributed by atoms with Crippen molar-refractivity contribution in [1.82, 2.24) is 4.98 Å². The highest BCUT2D eigenvalue weighted by atomic mass is 16.6. The molecule has 2 heterocycles. The fourth-order valence-electron chi connectivity index (χ4n) is 2.51. The molecule has 152 valence electrons. The molecule has 1 aromatic rings. The van der Waals surface area contributed by atoms with Crippen LogP contribution in [0.3, 0.4) is 0 Å². The molecule has 0 unspecified atom stereocenters. The summed E-state index contributed by atoms with van der Waals surface area (Å²) in [5.74, 6) is -2.88. The molecule has 1 aromatic heterocycles. The van der Waals surface area contributed by atoms with E-state index in [1.165, 1.54) is 0 Å². The van der Waals surface area contributed by atoms with Crippen molar-refractivity contribution in [3.05, 3.63) is 11.4 Å². The standard InChI is InChI=1S/C18H27NO8/c1-17(2)18(3,4)27-10-6-8-25-14-12(16(22)23)19-11(15(20)21)13(14)24-7-5-9-26-17/h19H,5-10H2,1-4H3,(H,20,21)(H,22,23). The first-order valence-electron chi connectivity index (χ1n) is 8.83. The first kappa shape index (κ1) is 21.0. The van der Waals surface area contributed by atoms with Crippen LogP contribution >= 0.6 is 0 Å². The van der Waals surface area contributed by atoms with Crippen LogP contribution in [0.15, 0.2) is 0 Å². The van der Waals surface area contributed by atoms with Crippen LogP contribution in [0.2, 0.25) is 0 Å². The molecule has 0 saturated carbocycles. The van der Waals surface area contributed by atoms with Crippen LogP contribution in [0.1, 0.15) is 61.5 Å². The van der Waals surface area contributed by atoms with Crippen LogP contribution in [0.4, 0.5) is 0 Å². The Bertz CT molecular complexity index is 635. The lowest BCUT2D eigenvalue weighted by Crippen LogP contribution is -2.50. The molecule has 0 spiro atoms. The fraction of sp³-hybridized carbons (Fsp3) is 0.667. The lowest BCUT2D eigenvalue weighted by molar-refractivity contribution is -0.178. The van der Waals surface area contributed by atoms with E-state index in [0.717, 1.165) is 0 Å². The Morgan fingerprint density at radius 2 is 1.15 bits per heavy atom. The van der Waals surface area contributed by atoms with Gasteiger partial charge in [0.1, 0.15) is 0 Å². The zero-order valence-corrected chi connectivity index (χ0v) is 16.1. The monoisotopic (exact) mass is 385 g/mol. The van der Waals surface area contributed by atoms with Crippen LogP contribution < -0.4 is 9.47 Å². The van der Waals surface area contributed by atoms with Crippen LogP contribution in [0, 0.1) is 0 Å². The molecule has 0 aromatic carbocycles. The van der Waals surface area contributed by atoms with Gasteiger partial charge in [0.15, 0.2) is 22.9 Å². The second kappa shape index (κ2) is 8.18. The number of carboxylic acids is 2. The summed E-state index contributed by atoms with van der Waals surface area (Å²) in [6.45, 7) is 8.81. The maximum absolute atomic E-state index is 11.4. The molecule has 27 heavy (non-hydrogen) atoms. The molecule has 0 fully saturated rings. The number of rotatable bonds is 2. The predicted molar refractivity (Wildman–Crippen MR) is 95.0 cm³/mol. The third-order valence-electron chi connectivity index (χ3n) is 4.78. The van der Waals surface area contributed by atoms with Crippen LogP contribution in [0.25, 0.3) is 0 Å². The van der Waals surface area contributed by atoms with Crippen molar-refractivity contribution in [3.8, 4) is 11.5 Å². The van der Waals surface area contributed by atoms with E-state index in [2.05, 4.69) is 4.98 Å². The first-order valence-corrected chi connectivity index (χ1v) is 8.83. The zero-order chi connectivity index (χ0) is 20.2. The number of carbonyl (C=O) groups is 2. The number of nitrogens with one attached hydrogen (secondary N) is 1. The van der Waals surface area contributed by atoms with Crippen molar-refractivity contribution in [2.24, 2.45) is 0 Å². The van der Waals surface area contributed by atoms with Crippen molar-refractivity contribution in [2.75, 3.05) is 26.4 Å². The van der Waals surface area contributed by atoms with E-state index < -0.39 is 23.1 Å².